The van der Waals surface area contributed by atoms with E-state index in [1.807, 2.05) is 0 Å². The average Bonchev–Trinajstić information content (AvgIpc) is 2.30. The Labute approximate surface area is 96.7 Å². The first-order valence-electron chi connectivity index (χ1n) is 4.60. The Morgan fingerprint density at radius 3 is 2.47 bits per heavy atom. The van der Waals surface area contributed by atoms with Crippen LogP contribution in [0.4, 0.5) is 0 Å². The van der Waals surface area contributed by atoms with Crippen LogP contribution in [0.3, 0.4) is 0 Å². The predicted octanol–water partition coefficient (Wildman–Crippen LogP) is 0.591. The molecule has 0 aliphatic carbocycles. The van der Waals surface area contributed by atoms with Crippen LogP contribution in [-0.4, -0.2) is 28.7 Å². The van der Waals surface area contributed by atoms with Gasteiger partial charge < -0.3 is 19.7 Å². The van der Waals surface area contributed by atoms with E-state index in [1.165, 1.54) is 18.2 Å². The van der Waals surface area contributed by atoms with Crippen molar-refractivity contribution in [2.24, 2.45) is 0 Å². The average molecular weight is 241 g/mol. The number of rotatable bonds is 6. The van der Waals surface area contributed by atoms with Gasteiger partial charge in [-0.1, -0.05) is 6.07 Å². The van der Waals surface area contributed by atoms with Crippen LogP contribution in [0, 0.1) is 10.1 Å². The van der Waals surface area contributed by atoms with Crippen molar-refractivity contribution in [1.29, 1.82) is 0 Å². The Bertz CT molecular complexity index is 417. The lowest BCUT2D eigenvalue weighted by Gasteiger charge is -2.09. The van der Waals surface area contributed by atoms with Crippen molar-refractivity contribution in [3.8, 4) is 11.5 Å². The fourth-order valence-corrected chi connectivity index (χ4v) is 1.15. The fourth-order valence-electron chi connectivity index (χ4n) is 1.15. The summed E-state index contributed by atoms with van der Waals surface area (Å²) in [7, 11) is 0. The Morgan fingerprint density at radius 2 is 1.88 bits per heavy atom. The van der Waals surface area contributed by atoms with Gasteiger partial charge in [-0.25, -0.2) is 0 Å². The van der Waals surface area contributed by atoms with Gasteiger partial charge in [0.25, 0.3) is 0 Å². The molecule has 0 bridgehead atoms. The van der Waals surface area contributed by atoms with Gasteiger partial charge in [0.15, 0.2) is 25.1 Å². The molecule has 0 saturated heterocycles. The second-order valence-corrected chi connectivity index (χ2v) is 2.85. The highest BCUT2D eigenvalue weighted by atomic mass is 16.6. The Kier molecular flexibility index (Phi) is 4.92. The molecule has 92 valence electrons. The van der Waals surface area contributed by atoms with Gasteiger partial charge >= 0.3 is 0 Å². The number of aliphatic hydroxyl groups is 2. The van der Waals surface area contributed by atoms with E-state index in [0.717, 1.165) is 6.20 Å². The maximum atomic E-state index is 10.1. The first kappa shape index (κ1) is 12.9. The zero-order valence-electron chi connectivity index (χ0n) is 8.78. The maximum Gasteiger partial charge on any atom is 0.235 e. The van der Waals surface area contributed by atoms with Crippen LogP contribution in [-0.2, 0) is 0 Å². The molecule has 7 nitrogen and oxygen atoms in total. The highest BCUT2D eigenvalue weighted by Crippen LogP contribution is 2.28. The van der Waals surface area contributed by atoms with Crippen molar-refractivity contribution in [1.82, 2.24) is 0 Å². The van der Waals surface area contributed by atoms with E-state index in [2.05, 4.69) is 0 Å². The van der Waals surface area contributed by atoms with Crippen molar-refractivity contribution >= 4 is 6.08 Å². The second-order valence-electron chi connectivity index (χ2n) is 2.85. The first-order chi connectivity index (χ1) is 8.17. The SMILES string of the molecule is O=[N+]([O-])/C=C/c1ccc(OCO)c(OCO)c1. The Balaban J connectivity index is 2.95. The number of aliphatic hydroxyl groups excluding tert-OH is 2. The molecule has 7 heteroatoms. The standard InChI is InChI=1S/C10H11NO6/c12-6-16-9-2-1-8(3-4-11(14)15)5-10(9)17-7-13/h1-5,12-13H,6-7H2/b4-3+. The topological polar surface area (TPSA) is 102 Å². The molecule has 0 amide bonds. The Hall–Kier alpha value is -2.12. The number of hydrogen-bond donors (Lipinski definition) is 2. The minimum absolute atomic E-state index is 0.187. The summed E-state index contributed by atoms with van der Waals surface area (Å²) in [5.74, 6) is 0.423. The molecule has 1 aromatic carbocycles. The van der Waals surface area contributed by atoms with E-state index < -0.39 is 18.5 Å². The van der Waals surface area contributed by atoms with Crippen molar-refractivity contribution in [2.45, 2.75) is 0 Å². The number of nitro groups is 1. The number of nitrogens with zero attached hydrogens (tertiary/aromatic N) is 1. The van der Waals surface area contributed by atoms with Crippen molar-refractivity contribution in [3.63, 3.8) is 0 Å². The van der Waals surface area contributed by atoms with Crippen LogP contribution < -0.4 is 9.47 Å². The van der Waals surface area contributed by atoms with Crippen LogP contribution >= 0.6 is 0 Å². The maximum absolute atomic E-state index is 10.1. The summed E-state index contributed by atoms with van der Waals surface area (Å²) in [4.78, 5) is 9.55. The van der Waals surface area contributed by atoms with Gasteiger partial charge in [-0.2, -0.15) is 0 Å². The highest BCUT2D eigenvalue weighted by molar-refractivity contribution is 5.55. The molecule has 0 atom stereocenters. The lowest BCUT2D eigenvalue weighted by molar-refractivity contribution is -0.400. The van der Waals surface area contributed by atoms with Gasteiger partial charge in [0.2, 0.25) is 6.20 Å². The fraction of sp³-hybridized carbons (Fsp3) is 0.200. The quantitative estimate of drug-likeness (QED) is 0.429. The molecule has 2 N–H and O–H groups in total. The van der Waals surface area contributed by atoms with Crippen LogP contribution in [0.25, 0.3) is 6.08 Å². The van der Waals surface area contributed by atoms with Gasteiger partial charge in [-0.3, -0.25) is 10.1 Å². The van der Waals surface area contributed by atoms with Crippen LogP contribution in [0.2, 0.25) is 0 Å². The number of ether oxygens (including phenoxy) is 2. The molecule has 0 heterocycles. The zero-order chi connectivity index (χ0) is 12.7. The molecule has 0 spiro atoms. The van der Waals surface area contributed by atoms with Gasteiger partial charge in [-0.05, 0) is 17.7 Å². The molecule has 0 radical (unpaired) electrons. The van der Waals surface area contributed by atoms with Gasteiger partial charge in [0.1, 0.15) is 0 Å². The smallest absolute Gasteiger partial charge is 0.235 e. The normalized spacial score (nSPS) is 10.5. The van der Waals surface area contributed by atoms with Gasteiger partial charge in [-0.15, -0.1) is 0 Å². The lowest BCUT2D eigenvalue weighted by atomic mass is 10.2. The monoisotopic (exact) mass is 241 g/mol. The summed E-state index contributed by atoms with van der Waals surface area (Å²) in [6.07, 6.45) is 2.05. The van der Waals surface area contributed by atoms with Gasteiger partial charge in [0.05, 0.1) is 4.92 Å². The van der Waals surface area contributed by atoms with Crippen molar-refractivity contribution in [2.75, 3.05) is 13.6 Å². The number of hydrogen-bond acceptors (Lipinski definition) is 6. The van der Waals surface area contributed by atoms with Crippen LogP contribution in [0.15, 0.2) is 24.4 Å². The molecule has 0 aliphatic rings. The number of benzene rings is 1. The third-order valence-corrected chi connectivity index (χ3v) is 1.80. The Morgan fingerprint density at radius 1 is 1.24 bits per heavy atom. The molecule has 0 saturated carbocycles. The summed E-state index contributed by atoms with van der Waals surface area (Å²) in [5, 5.41) is 27.4. The molecule has 17 heavy (non-hydrogen) atoms. The molecule has 0 fully saturated rings. The molecule has 0 aliphatic heterocycles. The van der Waals surface area contributed by atoms with E-state index in [1.54, 1.807) is 6.07 Å². The van der Waals surface area contributed by atoms with Crippen LogP contribution in [0.5, 0.6) is 11.5 Å². The van der Waals surface area contributed by atoms with E-state index in [-0.39, 0.29) is 11.5 Å². The van der Waals surface area contributed by atoms with E-state index in [9.17, 15) is 10.1 Å². The van der Waals surface area contributed by atoms with Crippen molar-refractivity contribution < 1.29 is 24.6 Å². The molecule has 0 aromatic heterocycles. The molecule has 1 aromatic rings. The zero-order valence-corrected chi connectivity index (χ0v) is 8.78. The second kappa shape index (κ2) is 6.46. The van der Waals surface area contributed by atoms with E-state index in [0.29, 0.717) is 5.56 Å². The summed E-state index contributed by atoms with van der Waals surface area (Å²) >= 11 is 0. The lowest BCUT2D eigenvalue weighted by Crippen LogP contribution is -2.01. The molecule has 1 rings (SSSR count). The summed E-state index contributed by atoms with van der Waals surface area (Å²) in [6.45, 7) is -1.10. The summed E-state index contributed by atoms with van der Waals surface area (Å²) < 4.78 is 9.68. The van der Waals surface area contributed by atoms with E-state index >= 15 is 0 Å². The largest absolute Gasteiger partial charge is 0.464 e. The summed E-state index contributed by atoms with van der Waals surface area (Å²) in [5.41, 5.74) is 0.510. The molecular formula is C10H11NO6. The summed E-state index contributed by atoms with van der Waals surface area (Å²) in [6, 6.07) is 4.47. The van der Waals surface area contributed by atoms with Crippen LogP contribution in [0.1, 0.15) is 5.56 Å². The van der Waals surface area contributed by atoms with Crippen molar-refractivity contribution in [3.05, 3.63) is 40.1 Å². The minimum Gasteiger partial charge on any atom is -0.464 e. The first-order valence-corrected chi connectivity index (χ1v) is 4.60. The minimum atomic E-state index is -0.593. The third kappa shape index (κ3) is 4.09. The third-order valence-electron chi connectivity index (χ3n) is 1.80. The molecular weight excluding hydrogens is 230 g/mol. The predicted molar refractivity (Wildman–Crippen MR) is 57.9 cm³/mol. The van der Waals surface area contributed by atoms with Gasteiger partial charge in [0, 0.05) is 6.08 Å². The highest BCUT2D eigenvalue weighted by Gasteiger charge is 2.05. The van der Waals surface area contributed by atoms with E-state index in [4.69, 9.17) is 19.7 Å². The molecule has 0 unspecified atom stereocenters.